The van der Waals surface area contributed by atoms with Crippen LogP contribution in [0.15, 0.2) is 30.3 Å². The fourth-order valence-corrected chi connectivity index (χ4v) is 3.60. The molecule has 1 aromatic carbocycles. The fraction of sp³-hybridized carbons (Fsp3) is 0.600. The molecule has 0 saturated carbocycles. The van der Waals surface area contributed by atoms with Gasteiger partial charge in [-0.05, 0) is 64.1 Å². The van der Waals surface area contributed by atoms with E-state index in [1.165, 1.54) is 6.92 Å². The highest BCUT2D eigenvalue weighted by molar-refractivity contribution is 5.94. The average Bonchev–Trinajstić information content (AvgIpc) is 2.86. The van der Waals surface area contributed by atoms with E-state index in [-0.39, 0.29) is 19.3 Å². The van der Waals surface area contributed by atoms with Gasteiger partial charge in [0.1, 0.15) is 24.2 Å². The summed E-state index contributed by atoms with van der Waals surface area (Å²) in [6, 6.07) is 4.42. The van der Waals surface area contributed by atoms with Crippen molar-refractivity contribution in [3.8, 4) is 0 Å². The molecule has 208 valence electrons. The van der Waals surface area contributed by atoms with Crippen molar-refractivity contribution in [1.82, 2.24) is 16.0 Å². The van der Waals surface area contributed by atoms with Crippen LogP contribution in [0.25, 0.3) is 0 Å². The van der Waals surface area contributed by atoms with E-state index in [0.717, 1.165) is 5.56 Å². The third-order valence-corrected chi connectivity index (χ3v) is 5.88. The second-order valence-corrected chi connectivity index (χ2v) is 9.05. The molecule has 0 spiro atoms. The SMILES string of the molecule is CC(O)C(N)C(=O)NC(CCCCN)C(=O)NC(Cc1ccccc1)C(=O)NC(CCCCN)C(=O)O. The number of aliphatic hydroxyl groups excluding tert-OH is 1. The topological polar surface area (TPSA) is 223 Å². The summed E-state index contributed by atoms with van der Waals surface area (Å²) >= 11 is 0. The number of carboxylic acids is 1. The Morgan fingerprint density at radius 3 is 1.78 bits per heavy atom. The van der Waals surface area contributed by atoms with Gasteiger partial charge >= 0.3 is 5.97 Å². The number of amides is 3. The zero-order chi connectivity index (χ0) is 27.8. The summed E-state index contributed by atoms with van der Waals surface area (Å²) in [5.41, 5.74) is 17.5. The van der Waals surface area contributed by atoms with Crippen molar-refractivity contribution in [2.45, 2.75) is 82.1 Å². The number of nitrogens with two attached hydrogens (primary N) is 3. The molecule has 11 N–H and O–H groups in total. The number of unbranched alkanes of at least 4 members (excludes halogenated alkanes) is 2. The molecule has 0 radical (unpaired) electrons. The van der Waals surface area contributed by atoms with Crippen LogP contribution in [-0.2, 0) is 25.6 Å². The van der Waals surface area contributed by atoms with E-state index < -0.39 is 54.0 Å². The van der Waals surface area contributed by atoms with Crippen LogP contribution in [-0.4, -0.2) is 77.3 Å². The summed E-state index contributed by atoms with van der Waals surface area (Å²) < 4.78 is 0. The van der Waals surface area contributed by atoms with Crippen LogP contribution in [0, 0.1) is 0 Å². The lowest BCUT2D eigenvalue weighted by atomic mass is 10.0. The third-order valence-electron chi connectivity index (χ3n) is 5.88. The smallest absolute Gasteiger partial charge is 0.326 e. The van der Waals surface area contributed by atoms with Crippen molar-refractivity contribution >= 4 is 23.7 Å². The summed E-state index contributed by atoms with van der Waals surface area (Å²) in [4.78, 5) is 50.5. The van der Waals surface area contributed by atoms with E-state index in [9.17, 15) is 29.4 Å². The van der Waals surface area contributed by atoms with Crippen LogP contribution in [0.3, 0.4) is 0 Å². The molecule has 1 rings (SSSR count). The maximum absolute atomic E-state index is 13.2. The first-order valence-corrected chi connectivity index (χ1v) is 12.6. The zero-order valence-corrected chi connectivity index (χ0v) is 21.4. The summed E-state index contributed by atoms with van der Waals surface area (Å²) in [6.45, 7) is 2.17. The van der Waals surface area contributed by atoms with Gasteiger partial charge in [-0.25, -0.2) is 4.79 Å². The molecule has 5 atom stereocenters. The molecule has 5 unspecified atom stereocenters. The number of carbonyl (C=O) groups excluding carboxylic acids is 3. The van der Waals surface area contributed by atoms with E-state index in [2.05, 4.69) is 16.0 Å². The molecule has 3 amide bonds. The van der Waals surface area contributed by atoms with Crippen LogP contribution < -0.4 is 33.2 Å². The minimum absolute atomic E-state index is 0.101. The molecular formula is C25H42N6O6. The highest BCUT2D eigenvalue weighted by atomic mass is 16.4. The average molecular weight is 523 g/mol. The van der Waals surface area contributed by atoms with E-state index in [1.807, 2.05) is 6.07 Å². The highest BCUT2D eigenvalue weighted by Gasteiger charge is 2.31. The predicted octanol–water partition coefficient (Wildman–Crippen LogP) is -1.27. The van der Waals surface area contributed by atoms with Gasteiger partial charge in [0.25, 0.3) is 0 Å². The second-order valence-electron chi connectivity index (χ2n) is 9.05. The maximum atomic E-state index is 13.2. The number of nitrogens with one attached hydrogen (secondary N) is 3. The Morgan fingerprint density at radius 1 is 0.784 bits per heavy atom. The van der Waals surface area contributed by atoms with Crippen LogP contribution >= 0.6 is 0 Å². The second kappa shape index (κ2) is 17.4. The molecule has 0 heterocycles. The number of aliphatic carboxylic acids is 1. The molecule has 0 aliphatic rings. The molecule has 0 aromatic heterocycles. The van der Waals surface area contributed by atoms with Gasteiger partial charge in [-0.15, -0.1) is 0 Å². The molecule has 37 heavy (non-hydrogen) atoms. The molecule has 12 nitrogen and oxygen atoms in total. The monoisotopic (exact) mass is 522 g/mol. The van der Waals surface area contributed by atoms with Gasteiger partial charge < -0.3 is 43.4 Å². The highest BCUT2D eigenvalue weighted by Crippen LogP contribution is 2.08. The van der Waals surface area contributed by atoms with E-state index in [0.29, 0.717) is 38.8 Å². The predicted molar refractivity (Wildman–Crippen MR) is 139 cm³/mol. The van der Waals surface area contributed by atoms with E-state index in [4.69, 9.17) is 17.2 Å². The van der Waals surface area contributed by atoms with Gasteiger partial charge in [-0.3, -0.25) is 14.4 Å². The molecular weight excluding hydrogens is 480 g/mol. The number of rotatable bonds is 18. The van der Waals surface area contributed by atoms with Gasteiger partial charge in [-0.1, -0.05) is 30.3 Å². The minimum Gasteiger partial charge on any atom is -0.480 e. The van der Waals surface area contributed by atoms with E-state index in [1.54, 1.807) is 24.3 Å². The molecule has 12 heteroatoms. The van der Waals surface area contributed by atoms with E-state index >= 15 is 0 Å². The Kier molecular flexibility index (Phi) is 15.0. The lowest BCUT2D eigenvalue weighted by molar-refractivity contribution is -0.142. The Balaban J connectivity index is 3.09. The molecule has 0 fully saturated rings. The molecule has 0 aliphatic heterocycles. The summed E-state index contributed by atoms with van der Waals surface area (Å²) in [7, 11) is 0. The van der Waals surface area contributed by atoms with Crippen molar-refractivity contribution in [3.63, 3.8) is 0 Å². The van der Waals surface area contributed by atoms with Gasteiger partial charge in [0.2, 0.25) is 17.7 Å². The van der Waals surface area contributed by atoms with Crippen LogP contribution in [0.1, 0.15) is 51.0 Å². The van der Waals surface area contributed by atoms with Crippen molar-refractivity contribution in [2.75, 3.05) is 13.1 Å². The van der Waals surface area contributed by atoms with Crippen molar-refractivity contribution in [3.05, 3.63) is 35.9 Å². The first-order valence-electron chi connectivity index (χ1n) is 12.6. The van der Waals surface area contributed by atoms with Crippen LogP contribution in [0.4, 0.5) is 0 Å². The quantitative estimate of drug-likeness (QED) is 0.107. The third kappa shape index (κ3) is 12.2. The number of carbonyl (C=O) groups is 4. The number of hydrogen-bond acceptors (Lipinski definition) is 8. The Morgan fingerprint density at radius 2 is 1.27 bits per heavy atom. The number of benzene rings is 1. The molecule has 0 bridgehead atoms. The lowest BCUT2D eigenvalue weighted by Gasteiger charge is -2.26. The standard InChI is InChI=1S/C25H42N6O6/c1-16(32)21(28)24(35)29-18(11-5-7-13-26)22(33)31-20(15-17-9-3-2-4-10-17)23(34)30-19(25(36)37)12-6-8-14-27/h2-4,9-10,16,18-21,32H,5-8,11-15,26-28H2,1H3,(H,29,35)(H,30,34)(H,31,33)(H,36,37). The molecule has 1 aromatic rings. The largest absolute Gasteiger partial charge is 0.480 e. The maximum Gasteiger partial charge on any atom is 0.326 e. The van der Waals surface area contributed by atoms with Crippen molar-refractivity contribution in [2.24, 2.45) is 17.2 Å². The Labute approximate surface area is 217 Å². The van der Waals surface area contributed by atoms with Crippen LogP contribution in [0.5, 0.6) is 0 Å². The summed E-state index contributed by atoms with van der Waals surface area (Å²) in [5, 5.41) is 26.9. The zero-order valence-electron chi connectivity index (χ0n) is 21.4. The van der Waals surface area contributed by atoms with Crippen molar-refractivity contribution in [1.29, 1.82) is 0 Å². The Hall–Kier alpha value is -3.06. The van der Waals surface area contributed by atoms with Crippen molar-refractivity contribution < 1.29 is 29.4 Å². The minimum atomic E-state index is -1.24. The fourth-order valence-electron chi connectivity index (χ4n) is 3.60. The van der Waals surface area contributed by atoms with Crippen LogP contribution in [0.2, 0.25) is 0 Å². The first kappa shape index (κ1) is 32.0. The lowest BCUT2D eigenvalue weighted by Crippen LogP contribution is -2.58. The van der Waals surface area contributed by atoms with Gasteiger partial charge in [0, 0.05) is 6.42 Å². The number of aliphatic hydroxyl groups is 1. The van der Waals surface area contributed by atoms with Gasteiger partial charge in [0.15, 0.2) is 0 Å². The number of hydrogen-bond donors (Lipinski definition) is 8. The van der Waals surface area contributed by atoms with Gasteiger partial charge in [0.05, 0.1) is 6.10 Å². The summed E-state index contributed by atoms with van der Waals surface area (Å²) in [5.74, 6) is -3.19. The number of carboxylic acid groups (broad SMARTS) is 1. The first-order chi connectivity index (χ1) is 17.6. The normalized spacial score (nSPS) is 15.1. The molecule has 0 saturated heterocycles. The Bertz CT molecular complexity index is 853. The molecule has 0 aliphatic carbocycles. The summed E-state index contributed by atoms with van der Waals surface area (Å²) in [6.07, 6.45) is 1.67. The van der Waals surface area contributed by atoms with Gasteiger partial charge in [-0.2, -0.15) is 0 Å².